The summed E-state index contributed by atoms with van der Waals surface area (Å²) in [5, 5.41) is 4.30. The van der Waals surface area contributed by atoms with E-state index in [4.69, 9.17) is 21.9 Å². The zero-order valence-corrected chi connectivity index (χ0v) is 11.4. The van der Waals surface area contributed by atoms with Gasteiger partial charge in [0.05, 0.1) is 6.54 Å². The summed E-state index contributed by atoms with van der Waals surface area (Å²) in [6, 6.07) is 13.8. The Balaban J connectivity index is 1.94. The minimum absolute atomic E-state index is 0.0747. The summed E-state index contributed by atoms with van der Waals surface area (Å²) in [5.41, 5.74) is 11.7. The number of rotatable bonds is 3. The first-order chi connectivity index (χ1) is 9.78. The van der Waals surface area contributed by atoms with E-state index < -0.39 is 0 Å². The summed E-state index contributed by atoms with van der Waals surface area (Å²) in [6.07, 6.45) is 0.699. The number of benzene rings is 2. The van der Waals surface area contributed by atoms with Crippen LogP contribution in [0.4, 0.5) is 0 Å². The van der Waals surface area contributed by atoms with Crippen molar-refractivity contribution in [2.24, 2.45) is 5.11 Å². The van der Waals surface area contributed by atoms with Gasteiger partial charge in [0.2, 0.25) is 0 Å². The van der Waals surface area contributed by atoms with Gasteiger partial charge >= 0.3 is 0 Å². The molecule has 0 amide bonds. The monoisotopic (exact) mass is 285 g/mol. The fraction of sp³-hybridized carbons (Fsp3) is 0.200. The van der Waals surface area contributed by atoms with E-state index in [1.807, 2.05) is 42.5 Å². The third-order valence-corrected chi connectivity index (χ3v) is 3.58. The normalized spacial score (nSPS) is 16.1. The smallest absolute Gasteiger partial charge is 0.130 e. The Morgan fingerprint density at radius 2 is 2.05 bits per heavy atom. The lowest BCUT2D eigenvalue weighted by Crippen LogP contribution is -2.16. The lowest BCUT2D eigenvalue weighted by atomic mass is 10.0. The Kier molecular flexibility index (Phi) is 3.50. The summed E-state index contributed by atoms with van der Waals surface area (Å²) >= 11 is 5.92. The zero-order chi connectivity index (χ0) is 13.9. The molecular weight excluding hydrogens is 274 g/mol. The number of para-hydroxylation sites is 1. The van der Waals surface area contributed by atoms with Crippen molar-refractivity contribution >= 4 is 11.6 Å². The Bertz CT molecular complexity index is 678. The number of halogens is 1. The van der Waals surface area contributed by atoms with Crippen LogP contribution in [0.2, 0.25) is 5.02 Å². The predicted molar refractivity (Wildman–Crippen MR) is 79.0 cm³/mol. The highest BCUT2D eigenvalue weighted by molar-refractivity contribution is 6.30. The van der Waals surface area contributed by atoms with E-state index in [0.29, 0.717) is 11.6 Å². The molecule has 0 N–H and O–H groups in total. The average molecular weight is 286 g/mol. The molecule has 100 valence electrons. The topological polar surface area (TPSA) is 58.0 Å². The number of nitrogens with zero attached hydrogens (tertiary/aromatic N) is 3. The molecule has 2 aromatic rings. The van der Waals surface area contributed by atoms with Gasteiger partial charge in [0.15, 0.2) is 0 Å². The van der Waals surface area contributed by atoms with Gasteiger partial charge < -0.3 is 4.74 Å². The molecule has 4 nitrogen and oxygen atoms in total. The highest BCUT2D eigenvalue weighted by atomic mass is 35.5. The molecule has 1 heterocycles. The summed E-state index contributed by atoms with van der Waals surface area (Å²) in [6.45, 7) is 0.352. The van der Waals surface area contributed by atoms with Gasteiger partial charge in [0, 0.05) is 21.9 Å². The van der Waals surface area contributed by atoms with Crippen LogP contribution in [-0.2, 0) is 6.42 Å². The highest BCUT2D eigenvalue weighted by Gasteiger charge is 2.24. The molecule has 1 aliphatic heterocycles. The van der Waals surface area contributed by atoms with Crippen molar-refractivity contribution in [3.8, 4) is 16.9 Å². The molecule has 20 heavy (non-hydrogen) atoms. The first-order valence-electron chi connectivity index (χ1n) is 6.33. The fourth-order valence-electron chi connectivity index (χ4n) is 2.42. The maximum Gasteiger partial charge on any atom is 0.130 e. The van der Waals surface area contributed by atoms with Crippen LogP contribution in [0, 0.1) is 0 Å². The van der Waals surface area contributed by atoms with Crippen molar-refractivity contribution in [2.75, 3.05) is 6.54 Å². The molecule has 1 unspecified atom stereocenters. The van der Waals surface area contributed by atoms with Gasteiger partial charge in [-0.25, -0.2) is 0 Å². The van der Waals surface area contributed by atoms with Gasteiger partial charge in [-0.2, -0.15) is 0 Å². The van der Waals surface area contributed by atoms with Gasteiger partial charge in [-0.05, 0) is 28.8 Å². The number of ether oxygens (including phenoxy) is 1. The molecule has 0 spiro atoms. The Morgan fingerprint density at radius 1 is 1.25 bits per heavy atom. The molecule has 0 saturated carbocycles. The lowest BCUT2D eigenvalue weighted by molar-refractivity contribution is 0.242. The molecule has 0 bridgehead atoms. The van der Waals surface area contributed by atoms with Crippen LogP contribution in [0.3, 0.4) is 0 Å². The van der Waals surface area contributed by atoms with Gasteiger partial charge in [-0.15, -0.1) is 0 Å². The van der Waals surface area contributed by atoms with Crippen molar-refractivity contribution in [1.29, 1.82) is 0 Å². The van der Waals surface area contributed by atoms with Crippen LogP contribution >= 0.6 is 11.6 Å². The van der Waals surface area contributed by atoms with Crippen LogP contribution in [0.5, 0.6) is 5.75 Å². The quantitative estimate of drug-likeness (QED) is 0.461. The molecule has 0 aliphatic carbocycles. The third kappa shape index (κ3) is 2.44. The summed E-state index contributed by atoms with van der Waals surface area (Å²) < 4.78 is 5.93. The highest BCUT2D eigenvalue weighted by Crippen LogP contribution is 2.39. The molecule has 1 atom stereocenters. The maximum absolute atomic E-state index is 8.39. The van der Waals surface area contributed by atoms with Crippen LogP contribution in [0.15, 0.2) is 47.6 Å². The number of hydrogen-bond acceptors (Lipinski definition) is 2. The molecule has 2 aromatic carbocycles. The first kappa shape index (κ1) is 12.9. The van der Waals surface area contributed by atoms with Crippen molar-refractivity contribution in [2.45, 2.75) is 12.5 Å². The largest absolute Gasteiger partial charge is 0.489 e. The van der Waals surface area contributed by atoms with Gasteiger partial charge in [-0.1, -0.05) is 47.0 Å². The van der Waals surface area contributed by atoms with Crippen LogP contribution in [0.1, 0.15) is 5.56 Å². The summed E-state index contributed by atoms with van der Waals surface area (Å²) in [7, 11) is 0. The van der Waals surface area contributed by atoms with Gasteiger partial charge in [0.1, 0.15) is 11.9 Å². The maximum atomic E-state index is 8.39. The van der Waals surface area contributed by atoms with E-state index in [0.717, 1.165) is 28.9 Å². The Labute approximate surface area is 121 Å². The molecule has 0 aromatic heterocycles. The van der Waals surface area contributed by atoms with E-state index in [9.17, 15) is 0 Å². The molecule has 0 radical (unpaired) electrons. The molecule has 5 heteroatoms. The van der Waals surface area contributed by atoms with Crippen LogP contribution < -0.4 is 4.74 Å². The third-order valence-electron chi connectivity index (χ3n) is 3.33. The lowest BCUT2D eigenvalue weighted by Gasteiger charge is -2.10. The minimum atomic E-state index is -0.0747. The zero-order valence-electron chi connectivity index (χ0n) is 10.7. The van der Waals surface area contributed by atoms with Crippen molar-refractivity contribution in [1.82, 2.24) is 0 Å². The van der Waals surface area contributed by atoms with Crippen molar-refractivity contribution in [3.05, 3.63) is 63.5 Å². The fourth-order valence-corrected chi connectivity index (χ4v) is 2.55. The van der Waals surface area contributed by atoms with E-state index in [-0.39, 0.29) is 6.10 Å². The van der Waals surface area contributed by atoms with E-state index in [2.05, 4.69) is 10.0 Å². The second-order valence-electron chi connectivity index (χ2n) is 4.66. The number of fused-ring (bicyclic) bond motifs is 1. The van der Waals surface area contributed by atoms with Gasteiger partial charge in [-0.3, -0.25) is 0 Å². The van der Waals surface area contributed by atoms with E-state index in [1.54, 1.807) is 0 Å². The summed E-state index contributed by atoms with van der Waals surface area (Å²) in [4.78, 5) is 2.78. The standard InChI is InChI=1S/C15H12ClN3O/c16-12-6-4-10(5-7-12)14-3-1-2-11-8-13(9-18-19-17)20-15(11)14/h1-7,13H,8-9H2. The molecule has 1 aliphatic rings. The van der Waals surface area contributed by atoms with Gasteiger partial charge in [0.25, 0.3) is 0 Å². The molecule has 0 fully saturated rings. The number of azide groups is 1. The minimum Gasteiger partial charge on any atom is -0.489 e. The Morgan fingerprint density at radius 3 is 2.80 bits per heavy atom. The number of hydrogen-bond donors (Lipinski definition) is 0. The van der Waals surface area contributed by atoms with Crippen LogP contribution in [-0.4, -0.2) is 12.6 Å². The predicted octanol–water partition coefficient (Wildman–Crippen LogP) is 4.62. The SMILES string of the molecule is [N-]=[N+]=NCC1Cc2cccc(-c3ccc(Cl)cc3)c2O1. The van der Waals surface area contributed by atoms with Crippen LogP contribution in [0.25, 0.3) is 21.6 Å². The Hall–Kier alpha value is -2.16. The molecule has 0 saturated heterocycles. The summed E-state index contributed by atoms with van der Waals surface area (Å²) in [5.74, 6) is 0.882. The van der Waals surface area contributed by atoms with E-state index in [1.165, 1.54) is 0 Å². The van der Waals surface area contributed by atoms with E-state index >= 15 is 0 Å². The molecular formula is C15H12ClN3O. The van der Waals surface area contributed by atoms with Crippen molar-refractivity contribution < 1.29 is 4.74 Å². The first-order valence-corrected chi connectivity index (χ1v) is 6.71. The second-order valence-corrected chi connectivity index (χ2v) is 5.09. The second kappa shape index (κ2) is 5.45. The molecule has 3 rings (SSSR count). The van der Waals surface area contributed by atoms with Crippen molar-refractivity contribution in [3.63, 3.8) is 0 Å². The average Bonchev–Trinajstić information content (AvgIpc) is 2.89.